The van der Waals surface area contributed by atoms with Crippen LogP contribution in [0.5, 0.6) is 5.75 Å². The van der Waals surface area contributed by atoms with Crippen LogP contribution in [0, 0.1) is 6.92 Å². The van der Waals surface area contributed by atoms with Crippen molar-refractivity contribution in [3.8, 4) is 5.75 Å². The van der Waals surface area contributed by atoms with Crippen molar-refractivity contribution < 1.29 is 18.7 Å². The lowest BCUT2D eigenvalue weighted by molar-refractivity contribution is -0.129. The van der Waals surface area contributed by atoms with E-state index in [0.29, 0.717) is 11.5 Å². The Morgan fingerprint density at radius 3 is 2.60 bits per heavy atom. The maximum atomic E-state index is 11.9. The second-order valence-corrected chi connectivity index (χ2v) is 6.30. The molecule has 1 amide bonds. The molecule has 0 aliphatic carbocycles. The minimum atomic E-state index is -0.513. The molecular weight excluding hydrogens is 382 g/mol. The molecule has 3 rings (SSSR count). The maximum Gasteiger partial charge on any atom is 0.336 e. The van der Waals surface area contributed by atoms with Gasteiger partial charge in [0.15, 0.2) is 0 Å². The molecule has 1 heterocycles. The third-order valence-corrected chi connectivity index (χ3v) is 4.01. The number of hydrogen-bond donors (Lipinski definition) is 2. The third kappa shape index (κ3) is 6.49. The summed E-state index contributed by atoms with van der Waals surface area (Å²) in [5, 5.41) is 6.99. The number of rotatable bonds is 8. The normalized spacial score (nSPS) is 11.0. The molecule has 0 aliphatic rings. The lowest BCUT2D eigenvalue weighted by atomic mass is 10.2. The number of para-hydroxylation sites is 1. The van der Waals surface area contributed by atoms with Crippen LogP contribution in [0.2, 0.25) is 0 Å². The summed E-state index contributed by atoms with van der Waals surface area (Å²) in [5.41, 5.74) is 5.17. The van der Waals surface area contributed by atoms with Crippen molar-refractivity contribution in [2.24, 2.45) is 5.10 Å². The molecule has 0 bridgehead atoms. The highest BCUT2D eigenvalue weighted by Crippen LogP contribution is 2.13. The molecule has 30 heavy (non-hydrogen) atoms. The topological polar surface area (TPSA) is 92.9 Å². The minimum absolute atomic E-state index is 0.114. The number of hydrogen-bond acceptors (Lipinski definition) is 6. The molecule has 0 atom stereocenters. The Morgan fingerprint density at radius 2 is 1.87 bits per heavy atom. The van der Waals surface area contributed by atoms with Gasteiger partial charge in [-0.15, -0.1) is 0 Å². The number of hydrazone groups is 1. The number of nitrogens with one attached hydrogen (secondary N) is 2. The van der Waals surface area contributed by atoms with E-state index in [1.54, 1.807) is 36.4 Å². The predicted octanol–water partition coefficient (Wildman–Crippen LogP) is 3.77. The molecule has 2 aromatic carbocycles. The van der Waals surface area contributed by atoms with Gasteiger partial charge in [-0.3, -0.25) is 4.79 Å². The number of benzene rings is 2. The first-order valence-electron chi connectivity index (χ1n) is 9.25. The highest BCUT2D eigenvalue weighted by molar-refractivity contribution is 5.88. The highest BCUT2D eigenvalue weighted by Gasteiger charge is 2.02. The number of carbonyl (C=O) groups excluding carboxylic acids is 2. The predicted molar refractivity (Wildman–Crippen MR) is 115 cm³/mol. The summed E-state index contributed by atoms with van der Waals surface area (Å²) in [6, 6.07) is 17.9. The molecule has 0 aliphatic heterocycles. The van der Waals surface area contributed by atoms with Crippen LogP contribution in [0.25, 0.3) is 6.08 Å². The van der Waals surface area contributed by atoms with Crippen LogP contribution in [0.4, 0.5) is 5.69 Å². The summed E-state index contributed by atoms with van der Waals surface area (Å²) in [6.07, 6.45) is 5.84. The van der Waals surface area contributed by atoms with Gasteiger partial charge in [0.2, 0.25) is 0 Å². The van der Waals surface area contributed by atoms with Gasteiger partial charge in [0, 0.05) is 11.8 Å². The fraction of sp³-hybridized carbons (Fsp3) is 0.0870. The van der Waals surface area contributed by atoms with E-state index < -0.39 is 5.97 Å². The lowest BCUT2D eigenvalue weighted by Crippen LogP contribution is -2.26. The van der Waals surface area contributed by atoms with Crippen LogP contribution < -0.4 is 15.5 Å². The quantitative estimate of drug-likeness (QED) is 0.196. The fourth-order valence-electron chi connectivity index (χ4n) is 2.47. The highest BCUT2D eigenvalue weighted by atomic mass is 16.5. The van der Waals surface area contributed by atoms with Gasteiger partial charge in [0.25, 0.3) is 5.91 Å². The molecule has 1 aromatic heterocycles. The first-order chi connectivity index (χ1) is 14.6. The van der Waals surface area contributed by atoms with E-state index in [2.05, 4.69) is 15.8 Å². The van der Waals surface area contributed by atoms with E-state index >= 15 is 0 Å². The number of esters is 1. The summed E-state index contributed by atoms with van der Waals surface area (Å²) in [7, 11) is 0. The van der Waals surface area contributed by atoms with Crippen LogP contribution in [0.15, 0.2) is 82.5 Å². The molecule has 0 radical (unpaired) electrons. The van der Waals surface area contributed by atoms with Gasteiger partial charge in [0.1, 0.15) is 11.5 Å². The van der Waals surface area contributed by atoms with Crippen molar-refractivity contribution in [3.05, 3.63) is 89.9 Å². The smallest absolute Gasteiger partial charge is 0.336 e. The Bertz CT molecular complexity index is 1040. The molecule has 2 N–H and O–H groups in total. The Labute approximate surface area is 174 Å². The van der Waals surface area contributed by atoms with E-state index in [1.165, 1.54) is 24.6 Å². The molecule has 7 heteroatoms. The van der Waals surface area contributed by atoms with Crippen LogP contribution in [0.3, 0.4) is 0 Å². The van der Waals surface area contributed by atoms with Crippen molar-refractivity contribution >= 4 is 29.9 Å². The van der Waals surface area contributed by atoms with Gasteiger partial charge < -0.3 is 14.5 Å². The standard InChI is InChI=1S/C23H21N3O4/c1-17-5-2-3-7-21(17)24-16-22(27)26-25-15-18-8-10-20(11-9-18)30-23(28)13-12-19-6-4-14-29-19/h2-15,24H,16H2,1H3,(H,26,27)/b13-12+,25-15+. The Balaban J connectivity index is 1.43. The number of carbonyl (C=O) groups is 2. The number of furan rings is 1. The fourth-order valence-corrected chi connectivity index (χ4v) is 2.47. The van der Waals surface area contributed by atoms with Gasteiger partial charge in [-0.2, -0.15) is 5.10 Å². The summed E-state index contributed by atoms with van der Waals surface area (Å²) < 4.78 is 10.3. The van der Waals surface area contributed by atoms with Crippen molar-refractivity contribution in [3.63, 3.8) is 0 Å². The summed E-state index contributed by atoms with van der Waals surface area (Å²) in [4.78, 5) is 23.7. The number of aryl methyl sites for hydroxylation is 1. The van der Waals surface area contributed by atoms with E-state index in [4.69, 9.17) is 9.15 Å². The van der Waals surface area contributed by atoms with Crippen molar-refractivity contribution in [1.29, 1.82) is 0 Å². The van der Waals surface area contributed by atoms with Crippen molar-refractivity contribution in [2.75, 3.05) is 11.9 Å². The molecule has 0 fully saturated rings. The van der Waals surface area contributed by atoms with Gasteiger partial charge in [0.05, 0.1) is 19.0 Å². The third-order valence-electron chi connectivity index (χ3n) is 4.01. The molecule has 0 saturated carbocycles. The van der Waals surface area contributed by atoms with Crippen LogP contribution in [-0.4, -0.2) is 24.6 Å². The zero-order valence-corrected chi connectivity index (χ0v) is 16.4. The average Bonchev–Trinajstić information content (AvgIpc) is 3.27. The molecule has 3 aromatic rings. The van der Waals surface area contributed by atoms with Crippen LogP contribution in [-0.2, 0) is 9.59 Å². The molecule has 0 saturated heterocycles. The first kappa shape index (κ1) is 20.6. The van der Waals surface area contributed by atoms with Crippen LogP contribution in [0.1, 0.15) is 16.9 Å². The van der Waals surface area contributed by atoms with E-state index in [-0.39, 0.29) is 12.5 Å². The summed E-state index contributed by atoms with van der Waals surface area (Å²) in [6.45, 7) is 2.08. The van der Waals surface area contributed by atoms with E-state index in [9.17, 15) is 9.59 Å². The van der Waals surface area contributed by atoms with Gasteiger partial charge >= 0.3 is 5.97 Å². The Hall–Kier alpha value is -4.13. The van der Waals surface area contributed by atoms with E-state index in [1.807, 2.05) is 31.2 Å². The van der Waals surface area contributed by atoms with Gasteiger partial charge in [-0.25, -0.2) is 10.2 Å². The molecule has 7 nitrogen and oxygen atoms in total. The second-order valence-electron chi connectivity index (χ2n) is 6.30. The SMILES string of the molecule is Cc1ccccc1NCC(=O)N/N=C/c1ccc(OC(=O)/C=C/c2ccco2)cc1. The van der Waals surface area contributed by atoms with Gasteiger partial charge in [-0.05, 0) is 66.6 Å². The van der Waals surface area contributed by atoms with Crippen molar-refractivity contribution in [2.45, 2.75) is 6.92 Å². The molecule has 152 valence electrons. The Kier molecular flexibility index (Phi) is 7.16. The maximum absolute atomic E-state index is 11.9. The zero-order valence-electron chi connectivity index (χ0n) is 16.4. The van der Waals surface area contributed by atoms with E-state index in [0.717, 1.165) is 16.8 Å². The summed E-state index contributed by atoms with van der Waals surface area (Å²) in [5.74, 6) is 0.187. The van der Waals surface area contributed by atoms with Gasteiger partial charge in [-0.1, -0.05) is 18.2 Å². The monoisotopic (exact) mass is 403 g/mol. The molecular formula is C23H21N3O4. The second kappa shape index (κ2) is 10.4. The molecule has 0 spiro atoms. The number of nitrogens with zero attached hydrogens (tertiary/aromatic N) is 1. The number of ether oxygens (including phenoxy) is 1. The number of amides is 1. The first-order valence-corrected chi connectivity index (χ1v) is 9.25. The Morgan fingerprint density at radius 1 is 1.07 bits per heavy atom. The zero-order chi connectivity index (χ0) is 21.2. The minimum Gasteiger partial charge on any atom is -0.465 e. The van der Waals surface area contributed by atoms with Crippen molar-refractivity contribution in [1.82, 2.24) is 5.43 Å². The van der Waals surface area contributed by atoms with Crippen LogP contribution >= 0.6 is 0 Å². The largest absolute Gasteiger partial charge is 0.465 e. The lowest BCUT2D eigenvalue weighted by Gasteiger charge is -2.07. The average molecular weight is 403 g/mol. The summed E-state index contributed by atoms with van der Waals surface area (Å²) >= 11 is 0. The number of anilines is 1. The molecule has 0 unspecified atom stereocenters.